The maximum atomic E-state index is 12.9. The molecule has 0 saturated carbocycles. The van der Waals surface area contributed by atoms with E-state index in [-0.39, 0.29) is 23.9 Å². The Bertz CT molecular complexity index is 1170. The first-order chi connectivity index (χ1) is 15.8. The second-order valence-electron chi connectivity index (χ2n) is 7.84. The molecule has 0 atom stereocenters. The third-order valence-corrected chi connectivity index (χ3v) is 6.91. The number of anilines is 1. The lowest BCUT2D eigenvalue weighted by atomic mass is 10.2. The van der Waals surface area contributed by atoms with Crippen molar-refractivity contribution in [3.63, 3.8) is 0 Å². The minimum absolute atomic E-state index is 0.175. The van der Waals surface area contributed by atoms with Crippen molar-refractivity contribution in [2.24, 2.45) is 0 Å². The molecule has 0 bridgehead atoms. The van der Waals surface area contributed by atoms with Crippen molar-refractivity contribution < 1.29 is 17.9 Å². The van der Waals surface area contributed by atoms with Gasteiger partial charge in [0.2, 0.25) is 15.9 Å². The fourth-order valence-electron chi connectivity index (χ4n) is 3.40. The van der Waals surface area contributed by atoms with E-state index in [1.165, 1.54) is 16.4 Å². The first-order valence-corrected chi connectivity index (χ1v) is 11.9. The first-order valence-electron chi connectivity index (χ1n) is 10.5. The highest BCUT2D eigenvalue weighted by molar-refractivity contribution is 7.89. The Hall–Kier alpha value is -3.20. The van der Waals surface area contributed by atoms with Crippen LogP contribution in [0.15, 0.2) is 83.8 Å². The molecule has 3 rings (SSSR count). The Morgan fingerprint density at radius 1 is 0.879 bits per heavy atom. The van der Waals surface area contributed by atoms with Crippen molar-refractivity contribution in [3.8, 4) is 5.75 Å². The molecule has 1 amide bonds. The molecule has 0 aliphatic rings. The van der Waals surface area contributed by atoms with Gasteiger partial charge in [0.1, 0.15) is 5.75 Å². The predicted molar refractivity (Wildman–Crippen MR) is 129 cm³/mol. The van der Waals surface area contributed by atoms with Gasteiger partial charge in [-0.3, -0.25) is 9.69 Å². The summed E-state index contributed by atoms with van der Waals surface area (Å²) in [7, 11) is 1.39. The molecule has 0 heterocycles. The van der Waals surface area contributed by atoms with Gasteiger partial charge in [-0.05, 0) is 54.6 Å². The van der Waals surface area contributed by atoms with Crippen LogP contribution < -0.4 is 10.1 Å². The van der Waals surface area contributed by atoms with Gasteiger partial charge in [-0.15, -0.1) is 0 Å². The molecule has 0 aliphatic carbocycles. The van der Waals surface area contributed by atoms with Crippen LogP contribution in [0.25, 0.3) is 0 Å². The van der Waals surface area contributed by atoms with Crippen LogP contribution >= 0.6 is 0 Å². The number of hydrogen-bond donors (Lipinski definition) is 1. The van der Waals surface area contributed by atoms with Gasteiger partial charge in [0.25, 0.3) is 0 Å². The Kier molecular flexibility index (Phi) is 8.21. The van der Waals surface area contributed by atoms with Crippen LogP contribution in [0, 0.1) is 0 Å². The Morgan fingerprint density at radius 2 is 1.55 bits per heavy atom. The van der Waals surface area contributed by atoms with Crippen LogP contribution in [-0.4, -0.2) is 51.3 Å². The largest absolute Gasteiger partial charge is 0.497 e. The topological polar surface area (TPSA) is 79.0 Å². The summed E-state index contributed by atoms with van der Waals surface area (Å²) in [6.07, 6.45) is 0. The molecule has 7 nitrogen and oxygen atoms in total. The van der Waals surface area contributed by atoms with E-state index in [9.17, 15) is 13.2 Å². The van der Waals surface area contributed by atoms with Crippen molar-refractivity contribution in [1.29, 1.82) is 0 Å². The maximum absolute atomic E-state index is 12.9. The second kappa shape index (κ2) is 11.1. The molecule has 174 valence electrons. The van der Waals surface area contributed by atoms with Crippen LogP contribution in [0.4, 0.5) is 5.69 Å². The summed E-state index contributed by atoms with van der Waals surface area (Å²) in [6.45, 7) is 1.06. The lowest BCUT2D eigenvalue weighted by Crippen LogP contribution is -2.30. The highest BCUT2D eigenvalue weighted by Crippen LogP contribution is 2.19. The van der Waals surface area contributed by atoms with Gasteiger partial charge in [0.05, 0.1) is 18.6 Å². The van der Waals surface area contributed by atoms with Crippen molar-refractivity contribution in [2.75, 3.05) is 33.1 Å². The smallest absolute Gasteiger partial charge is 0.243 e. The summed E-state index contributed by atoms with van der Waals surface area (Å²) in [5, 5.41) is 2.82. The molecular weight excluding hydrogens is 438 g/mol. The van der Waals surface area contributed by atoms with Crippen LogP contribution in [0.5, 0.6) is 5.75 Å². The van der Waals surface area contributed by atoms with Crippen LogP contribution in [0.1, 0.15) is 11.1 Å². The summed E-state index contributed by atoms with van der Waals surface area (Å²) in [5.41, 5.74) is 2.49. The van der Waals surface area contributed by atoms with Crippen LogP contribution in [-0.2, 0) is 27.9 Å². The van der Waals surface area contributed by atoms with Crippen LogP contribution in [0.2, 0.25) is 0 Å². The summed E-state index contributed by atoms with van der Waals surface area (Å²) in [4.78, 5) is 14.5. The number of likely N-dealkylation sites (N-methyl/N-ethyl adjacent to an activating group) is 1. The number of sulfonamides is 1. The van der Waals surface area contributed by atoms with Gasteiger partial charge in [-0.25, -0.2) is 8.42 Å². The number of ether oxygens (including phenoxy) is 1. The molecule has 8 heteroatoms. The Labute approximate surface area is 195 Å². The van der Waals surface area contributed by atoms with Gasteiger partial charge < -0.3 is 10.1 Å². The number of methoxy groups -OCH3 is 1. The fraction of sp³-hybridized carbons (Fsp3) is 0.240. The molecule has 0 saturated heterocycles. The Morgan fingerprint density at radius 3 is 2.21 bits per heavy atom. The van der Waals surface area contributed by atoms with E-state index in [0.717, 1.165) is 16.9 Å². The van der Waals surface area contributed by atoms with E-state index in [0.29, 0.717) is 12.2 Å². The van der Waals surface area contributed by atoms with Crippen molar-refractivity contribution >= 4 is 21.6 Å². The number of rotatable bonds is 10. The zero-order valence-electron chi connectivity index (χ0n) is 19.1. The van der Waals surface area contributed by atoms with Gasteiger partial charge >= 0.3 is 0 Å². The number of amides is 1. The molecule has 0 aromatic heterocycles. The molecular formula is C25H29N3O4S. The van der Waals surface area contributed by atoms with E-state index in [1.807, 2.05) is 66.5 Å². The van der Waals surface area contributed by atoms with E-state index < -0.39 is 10.0 Å². The molecule has 0 radical (unpaired) electrons. The van der Waals surface area contributed by atoms with Crippen LogP contribution in [0.3, 0.4) is 0 Å². The first kappa shape index (κ1) is 24.4. The third-order valence-electron chi connectivity index (χ3n) is 5.09. The van der Waals surface area contributed by atoms with E-state index >= 15 is 0 Å². The molecule has 0 spiro atoms. The third kappa shape index (κ3) is 6.89. The standard InChI is InChI=1S/C25H29N3O4S/c1-27(17-21-10-7-11-23(16-21)32-3)19-25(29)26-22-12-14-24(15-13-22)33(30,31)28(2)18-20-8-5-4-6-9-20/h4-16H,17-19H2,1-3H3,(H,26,29). The number of nitrogens with zero attached hydrogens (tertiary/aromatic N) is 2. The molecule has 33 heavy (non-hydrogen) atoms. The number of hydrogen-bond acceptors (Lipinski definition) is 5. The van der Waals surface area contributed by atoms with E-state index in [4.69, 9.17) is 4.74 Å². The zero-order valence-corrected chi connectivity index (χ0v) is 19.9. The highest BCUT2D eigenvalue weighted by atomic mass is 32.2. The van der Waals surface area contributed by atoms with Gasteiger partial charge in [0, 0.05) is 25.8 Å². The average Bonchev–Trinajstić information content (AvgIpc) is 2.80. The lowest BCUT2D eigenvalue weighted by Gasteiger charge is -2.18. The summed E-state index contributed by atoms with van der Waals surface area (Å²) in [5.74, 6) is 0.590. The summed E-state index contributed by atoms with van der Waals surface area (Å²) >= 11 is 0. The van der Waals surface area contributed by atoms with E-state index in [1.54, 1.807) is 26.3 Å². The monoisotopic (exact) mass is 467 g/mol. The molecule has 0 fully saturated rings. The van der Waals surface area contributed by atoms with E-state index in [2.05, 4.69) is 5.32 Å². The van der Waals surface area contributed by atoms with Crippen molar-refractivity contribution in [3.05, 3.63) is 90.0 Å². The fourth-order valence-corrected chi connectivity index (χ4v) is 4.56. The zero-order chi connectivity index (χ0) is 23.8. The molecule has 3 aromatic rings. The minimum atomic E-state index is -3.64. The maximum Gasteiger partial charge on any atom is 0.243 e. The normalized spacial score (nSPS) is 11.5. The lowest BCUT2D eigenvalue weighted by molar-refractivity contribution is -0.117. The van der Waals surface area contributed by atoms with Gasteiger partial charge in [-0.2, -0.15) is 4.31 Å². The van der Waals surface area contributed by atoms with Crippen molar-refractivity contribution in [2.45, 2.75) is 18.0 Å². The Balaban J connectivity index is 1.56. The summed E-state index contributed by atoms with van der Waals surface area (Å²) < 4.78 is 32.3. The quantitative estimate of drug-likeness (QED) is 0.493. The number of carbonyl (C=O) groups is 1. The number of carbonyl (C=O) groups excluding carboxylic acids is 1. The molecule has 1 N–H and O–H groups in total. The van der Waals surface area contributed by atoms with Gasteiger partial charge in [0.15, 0.2) is 0 Å². The average molecular weight is 468 g/mol. The highest BCUT2D eigenvalue weighted by Gasteiger charge is 2.21. The van der Waals surface area contributed by atoms with Crippen molar-refractivity contribution in [1.82, 2.24) is 9.21 Å². The molecule has 0 unspecified atom stereocenters. The number of nitrogens with one attached hydrogen (secondary N) is 1. The molecule has 0 aliphatic heterocycles. The number of benzene rings is 3. The van der Waals surface area contributed by atoms with Gasteiger partial charge in [-0.1, -0.05) is 42.5 Å². The predicted octanol–water partition coefficient (Wildman–Crippen LogP) is 3.59. The summed E-state index contributed by atoms with van der Waals surface area (Å²) in [6, 6.07) is 23.3. The minimum Gasteiger partial charge on any atom is -0.497 e. The second-order valence-corrected chi connectivity index (χ2v) is 9.89. The SMILES string of the molecule is COc1cccc(CN(C)CC(=O)Nc2ccc(S(=O)(=O)N(C)Cc3ccccc3)cc2)c1. The molecule has 3 aromatic carbocycles.